The van der Waals surface area contributed by atoms with Crippen LogP contribution in [0.15, 0.2) is 73.3 Å². The summed E-state index contributed by atoms with van der Waals surface area (Å²) in [4.78, 5) is 41.4. The third-order valence-corrected chi connectivity index (χ3v) is 4.72. The predicted octanol–water partition coefficient (Wildman–Crippen LogP) is 2.82. The van der Waals surface area contributed by atoms with Crippen molar-refractivity contribution >= 4 is 23.5 Å². The zero-order valence-electron chi connectivity index (χ0n) is 17.9. The van der Waals surface area contributed by atoms with Gasteiger partial charge in [0.1, 0.15) is 6.04 Å². The van der Waals surface area contributed by atoms with Crippen molar-refractivity contribution in [1.82, 2.24) is 14.9 Å². The minimum absolute atomic E-state index is 0.176. The minimum Gasteiger partial charge on any atom is -0.464 e. The van der Waals surface area contributed by atoms with E-state index in [0.29, 0.717) is 24.2 Å². The molecule has 0 saturated carbocycles. The van der Waals surface area contributed by atoms with Gasteiger partial charge in [-0.2, -0.15) is 0 Å². The van der Waals surface area contributed by atoms with E-state index in [4.69, 9.17) is 4.74 Å². The highest BCUT2D eigenvalue weighted by molar-refractivity contribution is 5.99. The molecule has 8 heteroatoms. The molecule has 1 atom stereocenters. The number of rotatable bonds is 10. The van der Waals surface area contributed by atoms with Crippen LogP contribution >= 0.6 is 0 Å². The quantitative estimate of drug-likeness (QED) is 0.478. The molecule has 0 aliphatic heterocycles. The number of nitrogens with one attached hydrogen (secondary N) is 2. The summed E-state index contributed by atoms with van der Waals surface area (Å²) in [6.07, 6.45) is 5.67. The lowest BCUT2D eigenvalue weighted by molar-refractivity contribution is -0.145. The molecule has 0 aliphatic carbocycles. The molecule has 32 heavy (non-hydrogen) atoms. The molecule has 3 rings (SSSR count). The topological polar surface area (TPSA) is 102 Å². The van der Waals surface area contributed by atoms with Crippen molar-refractivity contribution in [3.05, 3.63) is 84.4 Å². The molecule has 1 aromatic heterocycles. The Labute approximate surface area is 186 Å². The van der Waals surface area contributed by atoms with Gasteiger partial charge in [0.15, 0.2) is 0 Å². The van der Waals surface area contributed by atoms with Crippen LogP contribution in [0.5, 0.6) is 0 Å². The van der Waals surface area contributed by atoms with Crippen molar-refractivity contribution in [2.75, 3.05) is 11.9 Å². The Hall–Kier alpha value is -3.94. The molecule has 1 heterocycles. The molecule has 3 aromatic rings. The third-order valence-electron chi connectivity index (χ3n) is 4.72. The van der Waals surface area contributed by atoms with Crippen LogP contribution in [0.4, 0.5) is 5.69 Å². The van der Waals surface area contributed by atoms with Crippen molar-refractivity contribution < 1.29 is 19.1 Å². The molecule has 2 aromatic carbocycles. The van der Waals surface area contributed by atoms with Gasteiger partial charge in [0, 0.05) is 43.0 Å². The molecule has 0 spiro atoms. The van der Waals surface area contributed by atoms with Crippen LogP contribution in [0.1, 0.15) is 29.3 Å². The molecule has 2 N–H and O–H groups in total. The van der Waals surface area contributed by atoms with Crippen LogP contribution in [0.3, 0.4) is 0 Å². The summed E-state index contributed by atoms with van der Waals surface area (Å²) >= 11 is 0. The number of esters is 1. The fourth-order valence-electron chi connectivity index (χ4n) is 3.14. The SMILES string of the molecule is CCOC(=O)C(Cc1ccccc1)NC(=O)c1cccc(NC(=O)CCn2ccnc2)c1. The lowest BCUT2D eigenvalue weighted by Gasteiger charge is -2.18. The number of anilines is 1. The second kappa shape index (κ2) is 11.5. The lowest BCUT2D eigenvalue weighted by atomic mass is 10.1. The van der Waals surface area contributed by atoms with Gasteiger partial charge in [0.25, 0.3) is 5.91 Å². The summed E-state index contributed by atoms with van der Waals surface area (Å²) in [5.74, 6) is -1.09. The molecule has 0 radical (unpaired) electrons. The first-order valence-electron chi connectivity index (χ1n) is 10.4. The maximum atomic E-state index is 12.8. The van der Waals surface area contributed by atoms with Crippen LogP contribution in [0.2, 0.25) is 0 Å². The summed E-state index contributed by atoms with van der Waals surface area (Å²) in [7, 11) is 0. The Kier molecular flexibility index (Phi) is 8.14. The molecule has 1 unspecified atom stereocenters. The van der Waals surface area contributed by atoms with Gasteiger partial charge in [-0.05, 0) is 30.7 Å². The van der Waals surface area contributed by atoms with Gasteiger partial charge in [-0.1, -0.05) is 36.4 Å². The molecular formula is C24H26N4O4. The van der Waals surface area contributed by atoms with Crippen LogP contribution < -0.4 is 10.6 Å². The number of benzene rings is 2. The van der Waals surface area contributed by atoms with E-state index in [1.807, 2.05) is 34.9 Å². The fourth-order valence-corrected chi connectivity index (χ4v) is 3.14. The number of aryl methyl sites for hydroxylation is 1. The molecule has 0 fully saturated rings. The van der Waals surface area contributed by atoms with Crippen molar-refractivity contribution in [3.63, 3.8) is 0 Å². The Balaban J connectivity index is 1.63. The number of hydrogen-bond acceptors (Lipinski definition) is 5. The number of imidazole rings is 1. The van der Waals surface area contributed by atoms with E-state index in [1.54, 1.807) is 49.9 Å². The van der Waals surface area contributed by atoms with Gasteiger partial charge in [0.05, 0.1) is 12.9 Å². The normalized spacial score (nSPS) is 11.4. The average molecular weight is 434 g/mol. The van der Waals surface area contributed by atoms with Crippen molar-refractivity contribution in [3.8, 4) is 0 Å². The Bertz CT molecular complexity index is 1040. The van der Waals surface area contributed by atoms with Gasteiger partial charge in [-0.25, -0.2) is 9.78 Å². The smallest absolute Gasteiger partial charge is 0.328 e. The molecular weight excluding hydrogens is 408 g/mol. The van der Waals surface area contributed by atoms with Crippen molar-refractivity contribution in [1.29, 1.82) is 0 Å². The van der Waals surface area contributed by atoms with Crippen LogP contribution in [0.25, 0.3) is 0 Å². The average Bonchev–Trinajstić information content (AvgIpc) is 3.32. The number of ether oxygens (including phenoxy) is 1. The Morgan fingerprint density at radius 2 is 1.91 bits per heavy atom. The van der Waals surface area contributed by atoms with E-state index in [-0.39, 0.29) is 18.9 Å². The van der Waals surface area contributed by atoms with Crippen LogP contribution in [0, 0.1) is 0 Å². The minimum atomic E-state index is -0.821. The molecule has 0 bridgehead atoms. The summed E-state index contributed by atoms with van der Waals surface area (Å²) in [6.45, 7) is 2.45. The van der Waals surface area contributed by atoms with Gasteiger partial charge in [0.2, 0.25) is 5.91 Å². The monoisotopic (exact) mass is 434 g/mol. The highest BCUT2D eigenvalue weighted by Gasteiger charge is 2.23. The first-order chi connectivity index (χ1) is 15.5. The summed E-state index contributed by atoms with van der Waals surface area (Å²) in [5.41, 5.74) is 1.74. The predicted molar refractivity (Wildman–Crippen MR) is 120 cm³/mol. The third kappa shape index (κ3) is 6.80. The van der Waals surface area contributed by atoms with E-state index >= 15 is 0 Å². The van der Waals surface area contributed by atoms with Gasteiger partial charge < -0.3 is 19.9 Å². The van der Waals surface area contributed by atoms with E-state index in [9.17, 15) is 14.4 Å². The number of nitrogens with zero attached hydrogens (tertiary/aromatic N) is 2. The van der Waals surface area contributed by atoms with Crippen molar-refractivity contribution in [2.45, 2.75) is 32.4 Å². The summed E-state index contributed by atoms with van der Waals surface area (Å²) in [6, 6.07) is 15.2. The highest BCUT2D eigenvalue weighted by Crippen LogP contribution is 2.13. The standard InChI is InChI=1S/C24H26N4O4/c1-2-32-24(31)21(15-18-7-4-3-5-8-18)27-23(30)19-9-6-10-20(16-19)26-22(29)11-13-28-14-12-25-17-28/h3-10,12,14,16-17,21H,2,11,13,15H2,1H3,(H,26,29)(H,27,30). The van der Waals surface area contributed by atoms with Crippen LogP contribution in [-0.4, -0.2) is 40.0 Å². The van der Waals surface area contributed by atoms with Gasteiger partial charge >= 0.3 is 5.97 Å². The van der Waals surface area contributed by atoms with Gasteiger partial charge in [-0.3, -0.25) is 9.59 Å². The van der Waals surface area contributed by atoms with E-state index < -0.39 is 17.9 Å². The zero-order valence-corrected chi connectivity index (χ0v) is 17.9. The fraction of sp³-hybridized carbons (Fsp3) is 0.250. The van der Waals surface area contributed by atoms with E-state index in [2.05, 4.69) is 15.6 Å². The molecule has 0 aliphatic rings. The van der Waals surface area contributed by atoms with Crippen molar-refractivity contribution in [2.24, 2.45) is 0 Å². The Morgan fingerprint density at radius 1 is 1.09 bits per heavy atom. The summed E-state index contributed by atoms with van der Waals surface area (Å²) < 4.78 is 6.94. The molecule has 166 valence electrons. The first-order valence-corrected chi connectivity index (χ1v) is 10.4. The highest BCUT2D eigenvalue weighted by atomic mass is 16.5. The second-order valence-corrected chi connectivity index (χ2v) is 7.15. The maximum absolute atomic E-state index is 12.8. The van der Waals surface area contributed by atoms with Crippen LogP contribution in [-0.2, 0) is 27.3 Å². The Morgan fingerprint density at radius 3 is 2.62 bits per heavy atom. The number of carbonyl (C=O) groups excluding carboxylic acids is 3. The maximum Gasteiger partial charge on any atom is 0.328 e. The number of hydrogen-bond donors (Lipinski definition) is 2. The second-order valence-electron chi connectivity index (χ2n) is 7.15. The van der Waals surface area contributed by atoms with E-state index in [0.717, 1.165) is 5.56 Å². The van der Waals surface area contributed by atoms with E-state index in [1.165, 1.54) is 0 Å². The number of carbonyl (C=O) groups is 3. The lowest BCUT2D eigenvalue weighted by Crippen LogP contribution is -2.43. The first kappa shape index (κ1) is 22.7. The van der Waals surface area contributed by atoms with Gasteiger partial charge in [-0.15, -0.1) is 0 Å². The number of amides is 2. The molecule has 2 amide bonds. The largest absolute Gasteiger partial charge is 0.464 e. The zero-order chi connectivity index (χ0) is 22.8. The summed E-state index contributed by atoms with van der Waals surface area (Å²) in [5, 5.41) is 5.55. The molecule has 0 saturated heterocycles. The molecule has 8 nitrogen and oxygen atoms in total. The number of aromatic nitrogens is 2.